The van der Waals surface area contributed by atoms with Gasteiger partial charge >= 0.3 is 0 Å². The molecule has 0 fully saturated rings. The molecule has 0 saturated carbocycles. The lowest BCUT2D eigenvalue weighted by molar-refractivity contribution is 0.0941. The predicted octanol–water partition coefficient (Wildman–Crippen LogP) is 4.13. The highest BCUT2D eigenvalue weighted by molar-refractivity contribution is 6.31. The van der Waals surface area contributed by atoms with Crippen LogP contribution in [0.5, 0.6) is 0 Å². The van der Waals surface area contributed by atoms with Gasteiger partial charge in [-0.1, -0.05) is 31.5 Å². The summed E-state index contributed by atoms with van der Waals surface area (Å²) in [5.41, 5.74) is 1.01. The molecule has 0 atom stereocenters. The van der Waals surface area contributed by atoms with E-state index in [4.69, 9.17) is 16.9 Å². The van der Waals surface area contributed by atoms with E-state index in [1.807, 2.05) is 26.8 Å². The van der Waals surface area contributed by atoms with Gasteiger partial charge < -0.3 is 9.88 Å². The second-order valence-corrected chi connectivity index (χ2v) is 4.75. The van der Waals surface area contributed by atoms with Crippen LogP contribution in [0, 0.1) is 17.1 Å². The van der Waals surface area contributed by atoms with Crippen molar-refractivity contribution in [3.05, 3.63) is 58.1 Å². The lowest BCUT2D eigenvalue weighted by Crippen LogP contribution is -2.26. The quantitative estimate of drug-likeness (QED) is 0.913. The normalized spacial score (nSPS) is 9.57. The maximum Gasteiger partial charge on any atom is 0.268 e. The van der Waals surface area contributed by atoms with E-state index in [1.54, 1.807) is 22.8 Å². The smallest absolute Gasteiger partial charge is 0.268 e. The standard InChI is InChI=1S/C15H13ClFN3O.C2H6/c1-2-20-10(8-18)6-7-14(20)15(21)19-9-11-12(16)4-3-5-13(11)17;1-2/h3-7H,2,9H2,1H3,(H,19,21);1-2H3. The minimum atomic E-state index is -0.466. The number of halogens is 2. The largest absolute Gasteiger partial charge is 0.347 e. The van der Waals surface area contributed by atoms with Gasteiger partial charge in [0.25, 0.3) is 5.91 Å². The van der Waals surface area contributed by atoms with Crippen LogP contribution in [-0.4, -0.2) is 10.5 Å². The third-order valence-corrected chi connectivity index (χ3v) is 3.49. The molecule has 1 aromatic heterocycles. The number of nitrogens with zero attached hydrogens (tertiary/aromatic N) is 2. The van der Waals surface area contributed by atoms with Gasteiger partial charge in [0.1, 0.15) is 23.3 Å². The van der Waals surface area contributed by atoms with Crippen LogP contribution in [0.3, 0.4) is 0 Å². The Labute approximate surface area is 140 Å². The number of carbonyl (C=O) groups is 1. The van der Waals surface area contributed by atoms with Crippen molar-refractivity contribution in [2.24, 2.45) is 0 Å². The van der Waals surface area contributed by atoms with Crippen LogP contribution < -0.4 is 5.32 Å². The van der Waals surface area contributed by atoms with Crippen LogP contribution in [0.15, 0.2) is 30.3 Å². The molecule has 6 heteroatoms. The monoisotopic (exact) mass is 335 g/mol. The second-order valence-electron chi connectivity index (χ2n) is 4.34. The number of benzene rings is 1. The Bertz CT molecular complexity index is 699. The van der Waals surface area contributed by atoms with Crippen molar-refractivity contribution < 1.29 is 9.18 Å². The first-order valence-corrected chi connectivity index (χ1v) is 7.77. The fourth-order valence-corrected chi connectivity index (χ4v) is 2.29. The molecule has 0 unspecified atom stereocenters. The van der Waals surface area contributed by atoms with E-state index < -0.39 is 5.82 Å². The summed E-state index contributed by atoms with van der Waals surface area (Å²) in [6.45, 7) is 6.32. The first-order valence-electron chi connectivity index (χ1n) is 7.39. The van der Waals surface area contributed by atoms with Gasteiger partial charge in [-0.25, -0.2) is 4.39 Å². The highest BCUT2D eigenvalue weighted by atomic mass is 35.5. The van der Waals surface area contributed by atoms with Crippen molar-refractivity contribution in [3.8, 4) is 6.07 Å². The molecule has 1 N–H and O–H groups in total. The SMILES string of the molecule is CC.CCn1c(C#N)ccc1C(=O)NCc1c(F)cccc1Cl. The summed E-state index contributed by atoms with van der Waals surface area (Å²) in [5, 5.41) is 11.8. The average Bonchev–Trinajstić information content (AvgIpc) is 2.99. The maximum atomic E-state index is 13.6. The van der Waals surface area contributed by atoms with Crippen molar-refractivity contribution >= 4 is 17.5 Å². The molecule has 0 bridgehead atoms. The van der Waals surface area contributed by atoms with Crippen LogP contribution in [0.2, 0.25) is 5.02 Å². The van der Waals surface area contributed by atoms with Crippen molar-refractivity contribution in [3.63, 3.8) is 0 Å². The van der Waals surface area contributed by atoms with E-state index >= 15 is 0 Å². The van der Waals surface area contributed by atoms with Crippen molar-refractivity contribution in [2.75, 3.05) is 0 Å². The number of carbonyl (C=O) groups excluding carboxylic acids is 1. The number of aromatic nitrogens is 1. The number of hydrogen-bond acceptors (Lipinski definition) is 2. The van der Waals surface area contributed by atoms with Gasteiger partial charge in [0.2, 0.25) is 0 Å². The molecule has 4 nitrogen and oxygen atoms in total. The van der Waals surface area contributed by atoms with Crippen molar-refractivity contribution in [1.82, 2.24) is 9.88 Å². The van der Waals surface area contributed by atoms with Crippen LogP contribution >= 0.6 is 11.6 Å². The Kier molecular flexibility index (Phi) is 7.30. The van der Waals surface area contributed by atoms with Gasteiger partial charge in [0, 0.05) is 23.7 Å². The lowest BCUT2D eigenvalue weighted by atomic mass is 10.2. The Morgan fingerprint density at radius 2 is 2.04 bits per heavy atom. The zero-order chi connectivity index (χ0) is 17.4. The molecular formula is C17H19ClFN3O. The summed E-state index contributed by atoms with van der Waals surface area (Å²) in [4.78, 5) is 12.1. The Morgan fingerprint density at radius 3 is 2.61 bits per heavy atom. The van der Waals surface area contributed by atoms with E-state index in [-0.39, 0.29) is 23.0 Å². The molecule has 0 radical (unpaired) electrons. The molecule has 1 heterocycles. The van der Waals surface area contributed by atoms with Crippen LogP contribution in [0.4, 0.5) is 4.39 Å². The molecule has 0 aliphatic carbocycles. The molecule has 2 rings (SSSR count). The summed E-state index contributed by atoms with van der Waals surface area (Å²) in [5.74, 6) is -0.843. The molecule has 0 spiro atoms. The fourth-order valence-electron chi connectivity index (χ4n) is 2.06. The highest BCUT2D eigenvalue weighted by Gasteiger charge is 2.15. The van der Waals surface area contributed by atoms with Crippen molar-refractivity contribution in [2.45, 2.75) is 33.9 Å². The second kappa shape index (κ2) is 8.96. The van der Waals surface area contributed by atoms with Crippen LogP contribution in [0.25, 0.3) is 0 Å². The Balaban J connectivity index is 0.00000127. The van der Waals surface area contributed by atoms with Gasteiger partial charge in [-0.15, -0.1) is 0 Å². The molecule has 1 aromatic carbocycles. The summed E-state index contributed by atoms with van der Waals surface area (Å²) < 4.78 is 15.2. The zero-order valence-electron chi connectivity index (χ0n) is 13.4. The highest BCUT2D eigenvalue weighted by Crippen LogP contribution is 2.18. The van der Waals surface area contributed by atoms with E-state index in [1.165, 1.54) is 12.1 Å². The number of rotatable bonds is 4. The molecule has 122 valence electrons. The number of hydrogen-bond donors (Lipinski definition) is 1. The van der Waals surface area contributed by atoms with Crippen LogP contribution in [-0.2, 0) is 13.1 Å². The van der Waals surface area contributed by atoms with Gasteiger partial charge in [0.15, 0.2) is 0 Å². The first kappa shape index (κ1) is 18.7. The lowest BCUT2D eigenvalue weighted by Gasteiger charge is -2.10. The zero-order valence-corrected chi connectivity index (χ0v) is 14.1. The summed E-state index contributed by atoms with van der Waals surface area (Å²) >= 11 is 5.90. The molecule has 23 heavy (non-hydrogen) atoms. The maximum absolute atomic E-state index is 13.6. The molecule has 1 amide bonds. The van der Waals surface area contributed by atoms with Gasteiger partial charge in [0.05, 0.1) is 0 Å². The summed E-state index contributed by atoms with van der Waals surface area (Å²) in [7, 11) is 0. The number of amides is 1. The number of nitriles is 1. The Hall–Kier alpha value is -2.32. The molecule has 0 aliphatic heterocycles. The Morgan fingerprint density at radius 1 is 1.35 bits per heavy atom. The van der Waals surface area contributed by atoms with Crippen LogP contribution in [0.1, 0.15) is 42.5 Å². The third kappa shape index (κ3) is 4.33. The van der Waals surface area contributed by atoms with Gasteiger partial charge in [-0.05, 0) is 31.2 Å². The molecule has 0 aliphatic rings. The van der Waals surface area contributed by atoms with E-state index in [2.05, 4.69) is 5.32 Å². The predicted molar refractivity (Wildman–Crippen MR) is 88.7 cm³/mol. The molecular weight excluding hydrogens is 317 g/mol. The summed E-state index contributed by atoms with van der Waals surface area (Å²) in [6.07, 6.45) is 0. The topological polar surface area (TPSA) is 57.8 Å². The average molecular weight is 336 g/mol. The molecule has 0 saturated heterocycles. The first-order chi connectivity index (χ1) is 11.1. The summed E-state index contributed by atoms with van der Waals surface area (Å²) in [6, 6.07) is 9.52. The van der Waals surface area contributed by atoms with Gasteiger partial charge in [-0.3, -0.25) is 4.79 Å². The van der Waals surface area contributed by atoms with Gasteiger partial charge in [-0.2, -0.15) is 5.26 Å². The fraction of sp³-hybridized carbons (Fsp3) is 0.294. The van der Waals surface area contributed by atoms with E-state index in [0.29, 0.717) is 17.9 Å². The minimum absolute atomic E-state index is 0.0128. The third-order valence-electron chi connectivity index (χ3n) is 3.13. The number of nitrogens with one attached hydrogen (secondary N) is 1. The molecule has 2 aromatic rings. The van der Waals surface area contributed by atoms with E-state index in [9.17, 15) is 9.18 Å². The minimum Gasteiger partial charge on any atom is -0.347 e. The van der Waals surface area contributed by atoms with E-state index in [0.717, 1.165) is 0 Å². The van der Waals surface area contributed by atoms with Crippen molar-refractivity contribution in [1.29, 1.82) is 5.26 Å².